The Morgan fingerprint density at radius 2 is 2.25 bits per heavy atom. The predicted octanol–water partition coefficient (Wildman–Crippen LogP) is 2.35. The standard InChI is InChI=1S/C11H14BrNO2S/c1-13(11(14)7-16)6-8-3-4-10(15-2)9(12)5-8/h3-5,16H,6-7H2,1-2H3. The van der Waals surface area contributed by atoms with Crippen LogP contribution in [-0.4, -0.2) is 30.7 Å². The highest BCUT2D eigenvalue weighted by molar-refractivity contribution is 9.10. The van der Waals surface area contributed by atoms with E-state index in [1.54, 1.807) is 19.1 Å². The molecule has 1 aromatic carbocycles. The van der Waals surface area contributed by atoms with Gasteiger partial charge in [-0.15, -0.1) is 0 Å². The van der Waals surface area contributed by atoms with Gasteiger partial charge >= 0.3 is 0 Å². The molecule has 16 heavy (non-hydrogen) atoms. The van der Waals surface area contributed by atoms with Crippen LogP contribution in [0.3, 0.4) is 0 Å². The maximum absolute atomic E-state index is 11.3. The second kappa shape index (κ2) is 6.15. The average molecular weight is 304 g/mol. The Morgan fingerprint density at radius 1 is 1.56 bits per heavy atom. The number of benzene rings is 1. The van der Waals surface area contributed by atoms with E-state index in [0.717, 1.165) is 15.8 Å². The Bertz CT molecular complexity index is 384. The first-order valence-corrected chi connectivity index (χ1v) is 6.18. The monoisotopic (exact) mass is 303 g/mol. The maximum atomic E-state index is 11.3. The van der Waals surface area contributed by atoms with Crippen LogP contribution < -0.4 is 4.74 Å². The van der Waals surface area contributed by atoms with Gasteiger partial charge in [0.15, 0.2) is 0 Å². The van der Waals surface area contributed by atoms with Crippen LogP contribution in [0, 0.1) is 0 Å². The minimum absolute atomic E-state index is 0.00951. The third kappa shape index (κ3) is 3.42. The molecule has 1 rings (SSSR count). The molecule has 0 saturated heterocycles. The molecule has 0 saturated carbocycles. The van der Waals surface area contributed by atoms with Gasteiger partial charge in [-0.1, -0.05) is 6.07 Å². The average Bonchev–Trinajstić information content (AvgIpc) is 2.28. The molecule has 0 aliphatic rings. The summed E-state index contributed by atoms with van der Waals surface area (Å²) in [5, 5.41) is 0. The fourth-order valence-corrected chi connectivity index (χ4v) is 2.12. The number of methoxy groups -OCH3 is 1. The molecule has 0 atom stereocenters. The summed E-state index contributed by atoms with van der Waals surface area (Å²) in [4.78, 5) is 13.0. The molecule has 3 nitrogen and oxygen atoms in total. The van der Waals surface area contributed by atoms with Crippen LogP contribution in [0.2, 0.25) is 0 Å². The molecule has 0 unspecified atom stereocenters. The lowest BCUT2D eigenvalue weighted by molar-refractivity contribution is -0.127. The van der Waals surface area contributed by atoms with Gasteiger partial charge < -0.3 is 9.64 Å². The van der Waals surface area contributed by atoms with Crippen LogP contribution in [0.4, 0.5) is 0 Å². The maximum Gasteiger partial charge on any atom is 0.232 e. The number of thiol groups is 1. The Kier molecular flexibility index (Phi) is 5.15. The number of rotatable bonds is 4. The molecule has 88 valence electrons. The minimum atomic E-state index is 0.00951. The van der Waals surface area contributed by atoms with E-state index in [1.807, 2.05) is 18.2 Å². The lowest BCUT2D eigenvalue weighted by Crippen LogP contribution is -2.27. The number of amides is 1. The van der Waals surface area contributed by atoms with E-state index < -0.39 is 0 Å². The van der Waals surface area contributed by atoms with Gasteiger partial charge in [-0.3, -0.25) is 4.79 Å². The summed E-state index contributed by atoms with van der Waals surface area (Å²) in [6.45, 7) is 0.571. The van der Waals surface area contributed by atoms with E-state index in [4.69, 9.17) is 4.74 Å². The normalized spacial score (nSPS) is 10.0. The van der Waals surface area contributed by atoms with Crippen molar-refractivity contribution in [3.05, 3.63) is 28.2 Å². The lowest BCUT2D eigenvalue weighted by Gasteiger charge is -2.16. The summed E-state index contributed by atoms with van der Waals surface area (Å²) >= 11 is 7.36. The molecule has 0 heterocycles. The van der Waals surface area contributed by atoms with E-state index in [1.165, 1.54) is 0 Å². The first kappa shape index (κ1) is 13.4. The molecular weight excluding hydrogens is 290 g/mol. The Morgan fingerprint density at radius 3 is 2.75 bits per heavy atom. The second-order valence-electron chi connectivity index (χ2n) is 3.38. The number of nitrogens with zero attached hydrogens (tertiary/aromatic N) is 1. The van der Waals surface area contributed by atoms with E-state index in [0.29, 0.717) is 6.54 Å². The molecule has 0 spiro atoms. The van der Waals surface area contributed by atoms with Crippen LogP contribution in [0.15, 0.2) is 22.7 Å². The van der Waals surface area contributed by atoms with Crippen LogP contribution in [0.5, 0.6) is 5.75 Å². The van der Waals surface area contributed by atoms with Gasteiger partial charge in [-0.25, -0.2) is 0 Å². The summed E-state index contributed by atoms with van der Waals surface area (Å²) in [5.41, 5.74) is 1.05. The summed E-state index contributed by atoms with van der Waals surface area (Å²) in [6, 6.07) is 5.76. The van der Waals surface area contributed by atoms with Crippen molar-refractivity contribution >= 4 is 34.5 Å². The quantitative estimate of drug-likeness (QED) is 0.865. The zero-order chi connectivity index (χ0) is 12.1. The van der Waals surface area contributed by atoms with Crippen LogP contribution in [0.25, 0.3) is 0 Å². The van der Waals surface area contributed by atoms with Crippen LogP contribution in [0.1, 0.15) is 5.56 Å². The van der Waals surface area contributed by atoms with E-state index in [-0.39, 0.29) is 11.7 Å². The molecule has 0 fully saturated rings. The van der Waals surface area contributed by atoms with Crippen molar-refractivity contribution in [2.24, 2.45) is 0 Å². The summed E-state index contributed by atoms with van der Waals surface area (Å²) < 4.78 is 6.02. The largest absolute Gasteiger partial charge is 0.496 e. The number of hydrogen-bond donors (Lipinski definition) is 1. The smallest absolute Gasteiger partial charge is 0.232 e. The van der Waals surface area contributed by atoms with Crippen LogP contribution >= 0.6 is 28.6 Å². The van der Waals surface area contributed by atoms with Gasteiger partial charge in [0.25, 0.3) is 0 Å². The molecule has 0 bridgehead atoms. The summed E-state index contributed by atoms with van der Waals surface area (Å²) in [6.07, 6.45) is 0. The van der Waals surface area contributed by atoms with Gasteiger partial charge in [0.1, 0.15) is 5.75 Å². The van der Waals surface area contributed by atoms with Crippen LogP contribution in [-0.2, 0) is 11.3 Å². The Balaban J connectivity index is 2.75. The minimum Gasteiger partial charge on any atom is -0.496 e. The van der Waals surface area contributed by atoms with Crippen molar-refractivity contribution in [2.45, 2.75) is 6.54 Å². The fraction of sp³-hybridized carbons (Fsp3) is 0.364. The third-order valence-corrected chi connectivity index (χ3v) is 3.09. The number of carbonyl (C=O) groups is 1. The van der Waals surface area contributed by atoms with Gasteiger partial charge in [0, 0.05) is 13.6 Å². The van der Waals surface area contributed by atoms with Crippen molar-refractivity contribution in [3.8, 4) is 5.75 Å². The zero-order valence-corrected chi connectivity index (χ0v) is 11.7. The van der Waals surface area contributed by atoms with Crippen molar-refractivity contribution in [2.75, 3.05) is 19.9 Å². The summed E-state index contributed by atoms with van der Waals surface area (Å²) in [5.74, 6) is 1.02. The van der Waals surface area contributed by atoms with Gasteiger partial charge in [0.2, 0.25) is 5.91 Å². The first-order valence-electron chi connectivity index (χ1n) is 4.75. The lowest BCUT2D eigenvalue weighted by atomic mass is 10.2. The predicted molar refractivity (Wildman–Crippen MR) is 71.0 cm³/mol. The van der Waals surface area contributed by atoms with Gasteiger partial charge in [0.05, 0.1) is 17.3 Å². The SMILES string of the molecule is COc1ccc(CN(C)C(=O)CS)cc1Br. The molecule has 0 aliphatic heterocycles. The van der Waals surface area contributed by atoms with Crippen molar-refractivity contribution in [1.82, 2.24) is 4.90 Å². The van der Waals surface area contributed by atoms with Crippen molar-refractivity contribution in [3.63, 3.8) is 0 Å². The highest BCUT2D eigenvalue weighted by atomic mass is 79.9. The number of halogens is 1. The molecule has 1 aromatic rings. The second-order valence-corrected chi connectivity index (χ2v) is 4.55. The fourth-order valence-electron chi connectivity index (χ4n) is 1.29. The number of carbonyl (C=O) groups excluding carboxylic acids is 1. The van der Waals surface area contributed by atoms with Crippen molar-refractivity contribution in [1.29, 1.82) is 0 Å². The Labute approximate surface area is 109 Å². The topological polar surface area (TPSA) is 29.5 Å². The van der Waals surface area contributed by atoms with E-state index in [9.17, 15) is 4.79 Å². The molecule has 0 aromatic heterocycles. The Hall–Kier alpha value is -0.680. The van der Waals surface area contributed by atoms with Gasteiger partial charge in [-0.05, 0) is 33.6 Å². The first-order chi connectivity index (χ1) is 7.58. The third-order valence-electron chi connectivity index (χ3n) is 2.20. The molecule has 0 radical (unpaired) electrons. The van der Waals surface area contributed by atoms with E-state index in [2.05, 4.69) is 28.6 Å². The molecular formula is C11H14BrNO2S. The zero-order valence-electron chi connectivity index (χ0n) is 9.24. The molecule has 0 aliphatic carbocycles. The summed E-state index contributed by atoms with van der Waals surface area (Å²) in [7, 11) is 3.38. The molecule has 1 amide bonds. The number of hydrogen-bond acceptors (Lipinski definition) is 3. The van der Waals surface area contributed by atoms with Crippen molar-refractivity contribution < 1.29 is 9.53 Å². The van der Waals surface area contributed by atoms with E-state index >= 15 is 0 Å². The highest BCUT2D eigenvalue weighted by Gasteiger charge is 2.08. The molecule has 5 heteroatoms. The number of ether oxygens (including phenoxy) is 1. The molecule has 0 N–H and O–H groups in total. The highest BCUT2D eigenvalue weighted by Crippen LogP contribution is 2.25. The van der Waals surface area contributed by atoms with Gasteiger partial charge in [-0.2, -0.15) is 12.6 Å².